The van der Waals surface area contributed by atoms with E-state index in [1.54, 1.807) is 17.9 Å². The summed E-state index contributed by atoms with van der Waals surface area (Å²) in [4.78, 5) is 46.7. The molecule has 1 fully saturated rings. The molecule has 2 aliphatic heterocycles. The molecule has 2 aromatic rings. The number of carbonyl (C=O) groups excluding carboxylic acids is 3. The number of carbonyl (C=O) groups is 3. The van der Waals surface area contributed by atoms with Gasteiger partial charge in [-0.25, -0.2) is 4.98 Å². The number of Topliss-reactive ketones (excluding diaryl/α,β-unsaturated/α-hetero) is 1. The molecule has 0 unspecified atom stereocenters. The van der Waals surface area contributed by atoms with E-state index in [2.05, 4.69) is 42.0 Å². The highest BCUT2D eigenvalue weighted by atomic mass is 79.9. The molecule has 2 aliphatic rings. The highest BCUT2D eigenvalue weighted by Crippen LogP contribution is 2.42. The minimum absolute atomic E-state index is 0. The van der Waals surface area contributed by atoms with Crippen LogP contribution >= 0.6 is 17.0 Å². The van der Waals surface area contributed by atoms with Gasteiger partial charge in [-0.15, -0.1) is 17.0 Å². The summed E-state index contributed by atoms with van der Waals surface area (Å²) >= 11 is 0. The summed E-state index contributed by atoms with van der Waals surface area (Å²) in [5.74, 6) is 0.201. The summed E-state index contributed by atoms with van der Waals surface area (Å²) in [6.07, 6.45) is 2.14. The molecule has 48 heavy (non-hydrogen) atoms. The van der Waals surface area contributed by atoms with Gasteiger partial charge in [-0.3, -0.25) is 19.8 Å². The van der Waals surface area contributed by atoms with Gasteiger partial charge in [-0.2, -0.15) is 5.26 Å². The molecule has 0 spiro atoms. The Bertz CT molecular complexity index is 1560. The van der Waals surface area contributed by atoms with E-state index in [1.807, 2.05) is 19.1 Å². The van der Waals surface area contributed by atoms with Crippen LogP contribution < -0.4 is 19.7 Å². The van der Waals surface area contributed by atoms with E-state index in [0.29, 0.717) is 80.5 Å². The van der Waals surface area contributed by atoms with Gasteiger partial charge in [-0.05, 0) is 56.7 Å². The number of piperidine rings is 1. The van der Waals surface area contributed by atoms with Gasteiger partial charge >= 0.3 is 5.97 Å². The van der Waals surface area contributed by atoms with Gasteiger partial charge in [0.05, 0.1) is 38.1 Å². The number of pyridine rings is 1. The van der Waals surface area contributed by atoms with Gasteiger partial charge in [0.1, 0.15) is 17.3 Å². The number of ketones is 1. The first-order valence-corrected chi connectivity index (χ1v) is 16.3. The fourth-order valence-corrected chi connectivity index (χ4v) is 5.83. The molecule has 0 atom stereocenters. The van der Waals surface area contributed by atoms with E-state index in [1.165, 1.54) is 7.05 Å². The fraction of sp³-hybridized carbons (Fsp3) is 0.543. The monoisotopic (exact) mass is 726 g/mol. The van der Waals surface area contributed by atoms with E-state index in [9.17, 15) is 19.6 Å². The lowest BCUT2D eigenvalue weighted by molar-refractivity contribution is -0.143. The molecule has 1 aromatic heterocycles. The molecule has 4 rings (SSSR count). The first-order chi connectivity index (χ1) is 22.4. The molecule has 1 aromatic carbocycles. The van der Waals surface area contributed by atoms with Crippen LogP contribution in [0.4, 0.5) is 5.69 Å². The van der Waals surface area contributed by atoms with E-state index in [0.717, 1.165) is 11.3 Å². The maximum Gasteiger partial charge on any atom is 0.305 e. The van der Waals surface area contributed by atoms with Gasteiger partial charge in [0.25, 0.3) is 5.91 Å². The van der Waals surface area contributed by atoms with Crippen molar-refractivity contribution in [3.63, 3.8) is 0 Å². The van der Waals surface area contributed by atoms with Crippen molar-refractivity contribution in [1.82, 2.24) is 15.2 Å². The lowest BCUT2D eigenvalue weighted by Gasteiger charge is -2.35. The summed E-state index contributed by atoms with van der Waals surface area (Å²) in [5.41, 5.74) is 2.90. The van der Waals surface area contributed by atoms with Crippen molar-refractivity contribution in [3.8, 4) is 17.6 Å². The largest absolute Gasteiger partial charge is 0.491 e. The SMILES string of the molecule is Br.CCOC(=O)CCCOc1c(N2CCC(C#N)CC2)cc(C(=O)CN2Cc3cc(OCC)c(C(=O)NC)nc3C2=N)cc1C(C)(C)C. The number of anilines is 1. The predicted octanol–water partition coefficient (Wildman–Crippen LogP) is 5.20. The normalized spacial score (nSPS) is 14.5. The third kappa shape index (κ3) is 8.83. The third-order valence-electron chi connectivity index (χ3n) is 8.34. The number of amidine groups is 1. The van der Waals surface area contributed by atoms with Crippen molar-refractivity contribution in [2.24, 2.45) is 5.92 Å². The topological polar surface area (TPSA) is 158 Å². The zero-order valence-corrected chi connectivity index (χ0v) is 30.4. The summed E-state index contributed by atoms with van der Waals surface area (Å²) in [5, 5.41) is 20.9. The summed E-state index contributed by atoms with van der Waals surface area (Å²) in [7, 11) is 1.51. The lowest BCUT2D eigenvalue weighted by Crippen LogP contribution is -2.34. The maximum atomic E-state index is 14.0. The number of esters is 1. The Labute approximate surface area is 293 Å². The quantitative estimate of drug-likeness (QED) is 0.160. The Balaban J connectivity index is 0.00000625. The second-order valence-electron chi connectivity index (χ2n) is 12.8. The molecule has 2 N–H and O–H groups in total. The Kier molecular flexibility index (Phi) is 13.4. The van der Waals surface area contributed by atoms with Crippen molar-refractivity contribution in [2.75, 3.05) is 51.4 Å². The smallest absolute Gasteiger partial charge is 0.305 e. The Hall–Kier alpha value is -4.18. The van der Waals surface area contributed by atoms with Gasteiger partial charge in [0.2, 0.25) is 0 Å². The minimum Gasteiger partial charge on any atom is -0.491 e. The number of amides is 1. The van der Waals surface area contributed by atoms with Crippen molar-refractivity contribution < 1.29 is 28.6 Å². The van der Waals surface area contributed by atoms with Crippen LogP contribution in [0.2, 0.25) is 0 Å². The van der Waals surface area contributed by atoms with Gasteiger partial charge in [-0.1, -0.05) is 20.8 Å². The van der Waals surface area contributed by atoms with Crippen molar-refractivity contribution >= 4 is 46.2 Å². The second kappa shape index (κ2) is 16.8. The number of hydrogen-bond donors (Lipinski definition) is 2. The lowest BCUT2D eigenvalue weighted by atomic mass is 9.84. The number of nitrogens with zero attached hydrogens (tertiary/aromatic N) is 4. The van der Waals surface area contributed by atoms with Crippen molar-refractivity contribution in [2.45, 2.75) is 72.3 Å². The van der Waals surface area contributed by atoms with E-state index in [4.69, 9.17) is 19.6 Å². The number of nitrogens with one attached hydrogen (secondary N) is 2. The van der Waals surface area contributed by atoms with Crippen molar-refractivity contribution in [3.05, 3.63) is 46.3 Å². The van der Waals surface area contributed by atoms with Gasteiger partial charge in [0, 0.05) is 55.7 Å². The molecule has 1 saturated heterocycles. The number of hydrogen-bond acceptors (Lipinski definition) is 10. The Morgan fingerprint density at radius 1 is 1.10 bits per heavy atom. The zero-order chi connectivity index (χ0) is 34.3. The highest BCUT2D eigenvalue weighted by molar-refractivity contribution is 8.93. The van der Waals surface area contributed by atoms with E-state index < -0.39 is 5.91 Å². The maximum absolute atomic E-state index is 14.0. The molecule has 260 valence electrons. The highest BCUT2D eigenvalue weighted by Gasteiger charge is 2.33. The summed E-state index contributed by atoms with van der Waals surface area (Å²) < 4.78 is 17.1. The minimum atomic E-state index is -0.414. The average Bonchev–Trinajstić information content (AvgIpc) is 3.35. The second-order valence-corrected chi connectivity index (χ2v) is 12.8. The third-order valence-corrected chi connectivity index (χ3v) is 8.34. The zero-order valence-electron chi connectivity index (χ0n) is 28.7. The van der Waals surface area contributed by atoms with Crippen LogP contribution in [0.5, 0.6) is 11.5 Å². The van der Waals surface area contributed by atoms with Crippen LogP contribution in [0.15, 0.2) is 18.2 Å². The number of nitriles is 1. The molecule has 12 nitrogen and oxygen atoms in total. The van der Waals surface area contributed by atoms with Crippen LogP contribution in [0.3, 0.4) is 0 Å². The molecule has 0 saturated carbocycles. The van der Waals surface area contributed by atoms with Crippen LogP contribution in [-0.4, -0.2) is 79.9 Å². The van der Waals surface area contributed by atoms with Gasteiger partial charge in [0.15, 0.2) is 17.2 Å². The van der Waals surface area contributed by atoms with Crippen molar-refractivity contribution in [1.29, 1.82) is 10.7 Å². The first-order valence-electron chi connectivity index (χ1n) is 16.3. The number of fused-ring (bicyclic) bond motifs is 1. The molecular weight excluding hydrogens is 680 g/mol. The molecular formula is C35H47BrN6O6. The average molecular weight is 728 g/mol. The molecule has 3 heterocycles. The molecule has 0 aliphatic carbocycles. The molecule has 1 amide bonds. The number of aromatic nitrogens is 1. The van der Waals surface area contributed by atoms with E-state index in [-0.39, 0.29) is 71.1 Å². The summed E-state index contributed by atoms with van der Waals surface area (Å²) in [6, 6.07) is 7.83. The summed E-state index contributed by atoms with van der Waals surface area (Å²) in [6.45, 7) is 12.3. The number of rotatable bonds is 13. The molecule has 13 heteroatoms. The number of benzene rings is 1. The van der Waals surface area contributed by atoms with Crippen LogP contribution in [0.1, 0.15) is 98.0 Å². The fourth-order valence-electron chi connectivity index (χ4n) is 5.83. The molecule has 0 bridgehead atoms. The van der Waals surface area contributed by atoms with Gasteiger partial charge < -0.3 is 29.3 Å². The number of ether oxygens (including phenoxy) is 3. The van der Waals surface area contributed by atoms with Crippen LogP contribution in [-0.2, 0) is 21.5 Å². The molecule has 0 radical (unpaired) electrons. The Morgan fingerprint density at radius 3 is 2.42 bits per heavy atom. The Morgan fingerprint density at radius 2 is 1.81 bits per heavy atom. The standard InChI is InChI=1S/C35H46N6O6.BrH/c1-7-45-28-18-24-20-41(33(37)30(24)39-31(28)34(44)38-6)21-27(42)23-16-25(35(3,4)5)32(47-15-9-10-29(43)46-8-2)26(17-23)40-13-11-22(19-36)12-14-40;/h16-18,22,37H,7-15,20-21H2,1-6H3,(H,38,44);1H. The van der Waals surface area contributed by atoms with E-state index >= 15 is 0 Å². The predicted molar refractivity (Wildman–Crippen MR) is 188 cm³/mol. The van der Waals surface area contributed by atoms with Crippen LogP contribution in [0, 0.1) is 22.7 Å². The number of halogens is 1. The first kappa shape index (κ1) is 38.3. The van der Waals surface area contributed by atoms with Crippen LogP contribution in [0.25, 0.3) is 0 Å².